The van der Waals surface area contributed by atoms with E-state index in [1.54, 1.807) is 20.8 Å². The second kappa shape index (κ2) is 4.01. The molecule has 96 valence electrons. The minimum absolute atomic E-state index is 0.453. The molecule has 3 heterocycles. The highest BCUT2D eigenvalue weighted by Crippen LogP contribution is 2.27. The topological polar surface area (TPSA) is 69.6 Å². The Morgan fingerprint density at radius 2 is 2.06 bits per heavy atom. The summed E-state index contributed by atoms with van der Waals surface area (Å²) in [7, 11) is 0. The average molecular weight is 247 g/mol. The number of ether oxygens (including phenoxy) is 1. The molecule has 0 saturated carbocycles. The number of benzene rings is 1. The molecule has 0 fully saturated rings. The van der Waals surface area contributed by atoms with Gasteiger partial charge in [-0.3, -0.25) is 0 Å². The van der Waals surface area contributed by atoms with Crippen LogP contribution >= 0.6 is 0 Å². The van der Waals surface area contributed by atoms with Crippen molar-refractivity contribution >= 4 is 22.5 Å². The van der Waals surface area contributed by atoms with E-state index in [-0.39, 0.29) is 0 Å². The van der Waals surface area contributed by atoms with Crippen LogP contribution in [0.15, 0.2) is 18.3 Å². The van der Waals surface area contributed by atoms with Crippen LogP contribution in [-0.4, -0.2) is 21.3 Å². The van der Waals surface area contributed by atoms with Crippen molar-refractivity contribution in [2.45, 2.75) is 33.3 Å². The van der Waals surface area contributed by atoms with Gasteiger partial charge in [0.05, 0.1) is 17.2 Å². The van der Waals surface area contributed by atoms with Crippen molar-refractivity contribution in [3.63, 3.8) is 0 Å². The van der Waals surface area contributed by atoms with Crippen LogP contribution in [0, 0.1) is 6.92 Å². The first-order valence-corrected chi connectivity index (χ1v) is 5.75. The van der Waals surface area contributed by atoms with Gasteiger partial charge in [0, 0.05) is 5.39 Å². The first kappa shape index (κ1) is 12.4. The van der Waals surface area contributed by atoms with Crippen LogP contribution in [0.25, 0.3) is 16.4 Å². The maximum Gasteiger partial charge on any atom is 0.405 e. The summed E-state index contributed by atoms with van der Waals surface area (Å²) in [6, 6.07) is 4.32. The van der Waals surface area contributed by atoms with Crippen molar-refractivity contribution in [3.8, 4) is 0 Å². The first-order chi connectivity index (χ1) is 8.28. The summed E-state index contributed by atoms with van der Waals surface area (Å²) < 4.78 is 6.57. The van der Waals surface area contributed by atoms with E-state index in [0.717, 1.165) is 0 Å². The van der Waals surface area contributed by atoms with Crippen LogP contribution in [0.4, 0.5) is 4.79 Å². The van der Waals surface area contributed by atoms with Gasteiger partial charge in [0.25, 0.3) is 0 Å². The highest BCUT2D eigenvalue weighted by molar-refractivity contribution is 5.92. The fourth-order valence-corrected chi connectivity index (χ4v) is 1.97. The van der Waals surface area contributed by atoms with Crippen molar-refractivity contribution in [1.29, 1.82) is 0 Å². The van der Waals surface area contributed by atoms with E-state index in [0.29, 0.717) is 0 Å². The van der Waals surface area contributed by atoms with Crippen molar-refractivity contribution in [3.05, 3.63) is 23.9 Å². The summed E-state index contributed by atoms with van der Waals surface area (Å²) in [5, 5.41) is 5.47. The van der Waals surface area contributed by atoms with Crippen LogP contribution in [0.2, 0.25) is 0 Å². The maximum absolute atomic E-state index is 10.0. The van der Waals surface area contributed by atoms with Gasteiger partial charge in [-0.15, -0.1) is 0 Å². The third-order valence-electron chi connectivity index (χ3n) is 2.49. The number of aromatic nitrogens is 2. The van der Waals surface area contributed by atoms with Crippen LogP contribution < -0.4 is 5.73 Å². The molecule has 0 radical (unpaired) electrons. The lowest BCUT2D eigenvalue weighted by Crippen LogP contribution is -2.27. The van der Waals surface area contributed by atoms with Crippen LogP contribution in [0.3, 0.4) is 0 Å². The molecule has 3 aromatic heterocycles. The summed E-state index contributed by atoms with van der Waals surface area (Å²) in [5.41, 5.74) is 8.12. The zero-order chi connectivity index (χ0) is 13.5. The molecule has 18 heavy (non-hydrogen) atoms. The van der Waals surface area contributed by atoms with Crippen molar-refractivity contribution in [2.75, 3.05) is 0 Å². The molecule has 0 aliphatic carbocycles. The number of amides is 1. The van der Waals surface area contributed by atoms with Gasteiger partial charge >= 0.3 is 6.09 Å². The highest BCUT2D eigenvalue weighted by atomic mass is 16.6. The number of aryl methyl sites for hydroxylation is 1. The number of rotatable bonds is 0. The summed E-state index contributed by atoms with van der Waals surface area (Å²) in [4.78, 5) is 10.0. The van der Waals surface area contributed by atoms with Crippen LogP contribution in [0.1, 0.15) is 26.3 Å². The Labute approximate surface area is 105 Å². The lowest BCUT2D eigenvalue weighted by atomic mass is 10.2. The van der Waals surface area contributed by atoms with E-state index < -0.39 is 11.7 Å². The number of nitrogens with two attached hydrogens (primary N) is 1. The Balaban J connectivity index is 0.000000139. The standard InChI is InChI=1S/C8H6N2.C5H11NO2/c1-5-2-7-3-6-4-9-10(7)8(5)6;1-5(2,3)8-4(6)7/h2-4H,1H3;1-3H3,(H2,6,7). The predicted octanol–water partition coefficient (Wildman–Crippen LogP) is 2.55. The fraction of sp³-hybridized carbons (Fsp3) is 0.385. The van der Waals surface area contributed by atoms with Crippen molar-refractivity contribution in [1.82, 2.24) is 9.61 Å². The van der Waals surface area contributed by atoms with Crippen LogP contribution in [-0.2, 0) is 4.74 Å². The van der Waals surface area contributed by atoms with Gasteiger partial charge in [-0.1, -0.05) is 0 Å². The van der Waals surface area contributed by atoms with Gasteiger partial charge in [-0.2, -0.15) is 5.10 Å². The summed E-state index contributed by atoms with van der Waals surface area (Å²) in [5.74, 6) is 0. The molecule has 5 heteroatoms. The Bertz CT molecular complexity index is 650. The molecule has 0 aliphatic heterocycles. The molecule has 0 spiro atoms. The van der Waals surface area contributed by atoms with Crippen molar-refractivity contribution < 1.29 is 9.53 Å². The SMILES string of the molecule is CC(C)(C)OC(N)=O.Cc1cc2cc3cnn2c13. The second-order valence-corrected chi connectivity index (χ2v) is 5.29. The average Bonchev–Trinajstić information content (AvgIpc) is 2.78. The predicted molar refractivity (Wildman–Crippen MR) is 70.2 cm³/mol. The molecule has 2 N–H and O–H groups in total. The molecular formula is C13H17N3O2. The number of carbonyl (C=O) groups excluding carboxylic acids is 1. The number of carbonyl (C=O) groups is 1. The Morgan fingerprint density at radius 3 is 2.39 bits per heavy atom. The van der Waals surface area contributed by atoms with E-state index in [9.17, 15) is 4.79 Å². The zero-order valence-electron chi connectivity index (χ0n) is 11.0. The van der Waals surface area contributed by atoms with E-state index in [2.05, 4.69) is 28.9 Å². The fourth-order valence-electron chi connectivity index (χ4n) is 1.97. The Hall–Kier alpha value is -2.04. The van der Waals surface area contributed by atoms with Gasteiger partial charge in [0.1, 0.15) is 5.60 Å². The van der Waals surface area contributed by atoms with E-state index in [4.69, 9.17) is 5.73 Å². The molecule has 0 saturated heterocycles. The van der Waals surface area contributed by atoms with E-state index in [1.165, 1.54) is 22.0 Å². The third-order valence-corrected chi connectivity index (χ3v) is 2.49. The monoisotopic (exact) mass is 247 g/mol. The number of hydrogen-bond donors (Lipinski definition) is 1. The van der Waals surface area contributed by atoms with Gasteiger partial charge in [-0.25, -0.2) is 9.31 Å². The minimum atomic E-state index is -0.725. The molecular weight excluding hydrogens is 230 g/mol. The quantitative estimate of drug-likeness (QED) is 0.663. The smallest absolute Gasteiger partial charge is 0.405 e. The van der Waals surface area contributed by atoms with Gasteiger partial charge in [-0.05, 0) is 45.4 Å². The van der Waals surface area contributed by atoms with E-state index in [1.807, 2.05) is 10.7 Å². The minimum Gasteiger partial charge on any atom is -0.444 e. The first-order valence-electron chi connectivity index (χ1n) is 5.75. The molecule has 0 aliphatic rings. The maximum atomic E-state index is 10.0. The molecule has 4 bridgehead atoms. The Kier molecular flexibility index (Phi) is 2.77. The highest BCUT2D eigenvalue weighted by Gasteiger charge is 2.12. The summed E-state index contributed by atoms with van der Waals surface area (Å²) in [6.07, 6.45) is 1.19. The molecule has 3 aromatic rings. The van der Waals surface area contributed by atoms with E-state index >= 15 is 0 Å². The number of hydrogen-bond acceptors (Lipinski definition) is 3. The number of nitrogens with zero attached hydrogens (tertiary/aromatic N) is 2. The molecule has 0 unspecified atom stereocenters. The molecule has 1 amide bonds. The molecule has 0 aromatic carbocycles. The van der Waals surface area contributed by atoms with Gasteiger partial charge in [0.15, 0.2) is 0 Å². The van der Waals surface area contributed by atoms with Crippen molar-refractivity contribution in [2.24, 2.45) is 5.73 Å². The molecule has 5 nitrogen and oxygen atoms in total. The normalized spacial score (nSPS) is 11.8. The van der Waals surface area contributed by atoms with Gasteiger partial charge < -0.3 is 10.5 Å². The lowest BCUT2D eigenvalue weighted by molar-refractivity contribution is 0.0600. The molecule has 3 rings (SSSR count). The van der Waals surface area contributed by atoms with Gasteiger partial charge in [0.2, 0.25) is 0 Å². The third kappa shape index (κ3) is 2.30. The summed E-state index contributed by atoms with van der Waals surface area (Å²) in [6.45, 7) is 7.41. The second-order valence-electron chi connectivity index (χ2n) is 5.29. The number of primary amides is 1. The Morgan fingerprint density at radius 1 is 1.39 bits per heavy atom. The largest absolute Gasteiger partial charge is 0.444 e. The molecule has 0 atom stereocenters. The zero-order valence-corrected chi connectivity index (χ0v) is 11.0. The lowest BCUT2D eigenvalue weighted by Gasteiger charge is -2.16. The summed E-state index contributed by atoms with van der Waals surface area (Å²) >= 11 is 0. The van der Waals surface area contributed by atoms with Crippen LogP contribution in [0.5, 0.6) is 0 Å².